The Morgan fingerprint density at radius 3 is 1.53 bits per heavy atom. The van der Waals surface area contributed by atoms with Crippen LogP contribution in [0.15, 0.2) is 72.9 Å². The summed E-state index contributed by atoms with van der Waals surface area (Å²) in [5.74, 6) is -0.255. The third kappa shape index (κ3) is 29.5. The zero-order valence-corrected chi connectivity index (χ0v) is 44.4. The fourth-order valence-corrected chi connectivity index (χ4v) is 8.83. The number of allylic oxidation sites excluding steroid dienone is 11. The van der Waals surface area contributed by atoms with Gasteiger partial charge in [-0.2, -0.15) is 0 Å². The minimum Gasteiger partial charge on any atom is -0.394 e. The molecule has 2 aliphatic rings. The van der Waals surface area contributed by atoms with Gasteiger partial charge in [0, 0.05) is 6.42 Å². The highest BCUT2D eigenvalue weighted by Gasteiger charge is 2.51. The van der Waals surface area contributed by atoms with Crippen LogP contribution in [-0.4, -0.2) is 140 Å². The summed E-state index contributed by atoms with van der Waals surface area (Å²) in [6.45, 7) is 2.64. The largest absolute Gasteiger partial charge is 0.394 e. The molecule has 2 rings (SSSR count). The molecule has 0 saturated carbocycles. The molecule has 12 atom stereocenters. The zero-order valence-electron chi connectivity index (χ0n) is 44.4. The monoisotopic (exact) mass is 1020 g/mol. The lowest BCUT2D eigenvalue weighted by Crippen LogP contribution is -2.65. The molecule has 0 bridgehead atoms. The number of aliphatic hydroxyl groups is 8. The number of rotatable bonds is 43. The van der Waals surface area contributed by atoms with E-state index >= 15 is 0 Å². The minimum atomic E-state index is -1.79. The van der Waals surface area contributed by atoms with E-state index in [1.54, 1.807) is 6.08 Å². The molecule has 2 heterocycles. The highest BCUT2D eigenvalue weighted by molar-refractivity contribution is 5.76. The third-order valence-electron chi connectivity index (χ3n) is 13.4. The highest BCUT2D eigenvalue weighted by Crippen LogP contribution is 2.30. The van der Waals surface area contributed by atoms with Crippen molar-refractivity contribution in [2.45, 2.75) is 267 Å². The van der Waals surface area contributed by atoms with Crippen molar-refractivity contribution < 1.29 is 64.6 Å². The first-order chi connectivity index (χ1) is 35.1. The van der Waals surface area contributed by atoms with Gasteiger partial charge in [-0.25, -0.2) is 0 Å². The number of carbonyl (C=O) groups is 1. The zero-order chi connectivity index (χ0) is 52.4. The maximum Gasteiger partial charge on any atom is 0.220 e. The van der Waals surface area contributed by atoms with Gasteiger partial charge in [-0.05, 0) is 70.6 Å². The summed E-state index contributed by atoms with van der Waals surface area (Å²) in [6.07, 6.45) is 39.4. The molecule has 12 unspecified atom stereocenters. The average Bonchev–Trinajstić information content (AvgIpc) is 3.38. The van der Waals surface area contributed by atoms with Gasteiger partial charge in [-0.15, -0.1) is 0 Å². The van der Waals surface area contributed by atoms with Crippen LogP contribution in [0.3, 0.4) is 0 Å². The second kappa shape index (κ2) is 43.6. The van der Waals surface area contributed by atoms with Crippen LogP contribution in [0.5, 0.6) is 0 Å². The van der Waals surface area contributed by atoms with Crippen LogP contribution in [-0.2, 0) is 23.7 Å². The fraction of sp³-hybridized carbons (Fsp3) is 0.776. The maximum atomic E-state index is 13.2. The number of nitrogens with one attached hydrogen (secondary N) is 1. The van der Waals surface area contributed by atoms with Gasteiger partial charge in [0.25, 0.3) is 0 Å². The van der Waals surface area contributed by atoms with Gasteiger partial charge >= 0.3 is 0 Å². The Hall–Kier alpha value is -2.57. The molecule has 9 N–H and O–H groups in total. The van der Waals surface area contributed by atoms with Gasteiger partial charge < -0.3 is 65.1 Å². The van der Waals surface area contributed by atoms with Crippen LogP contribution in [0, 0.1) is 0 Å². The van der Waals surface area contributed by atoms with Crippen molar-refractivity contribution in [3.63, 3.8) is 0 Å². The molecule has 416 valence electrons. The molecule has 0 aromatic carbocycles. The van der Waals surface area contributed by atoms with Crippen molar-refractivity contribution in [2.24, 2.45) is 0 Å². The first-order valence-electron chi connectivity index (χ1n) is 28.2. The maximum absolute atomic E-state index is 13.2. The van der Waals surface area contributed by atoms with Crippen molar-refractivity contribution in [3.8, 4) is 0 Å². The van der Waals surface area contributed by atoms with Crippen LogP contribution in [0.2, 0.25) is 0 Å². The lowest BCUT2D eigenvalue weighted by Gasteiger charge is -2.46. The van der Waals surface area contributed by atoms with Crippen LogP contribution in [0.25, 0.3) is 0 Å². The minimum absolute atomic E-state index is 0.255. The van der Waals surface area contributed by atoms with Gasteiger partial charge in [0.1, 0.15) is 48.8 Å². The molecule has 72 heavy (non-hydrogen) atoms. The molecule has 2 aliphatic heterocycles. The Bertz CT molecular complexity index is 1480. The summed E-state index contributed by atoms with van der Waals surface area (Å²) < 4.78 is 22.7. The summed E-state index contributed by atoms with van der Waals surface area (Å²) in [4.78, 5) is 13.2. The number of hydrogen-bond donors (Lipinski definition) is 9. The van der Waals surface area contributed by atoms with E-state index < -0.39 is 86.8 Å². The molecule has 2 fully saturated rings. The molecule has 14 nitrogen and oxygen atoms in total. The number of ether oxygens (including phenoxy) is 4. The van der Waals surface area contributed by atoms with E-state index in [0.717, 1.165) is 64.2 Å². The second-order valence-electron chi connectivity index (χ2n) is 19.7. The number of carbonyl (C=O) groups excluding carboxylic acids is 1. The Morgan fingerprint density at radius 2 is 0.972 bits per heavy atom. The van der Waals surface area contributed by atoms with E-state index in [-0.39, 0.29) is 18.9 Å². The van der Waals surface area contributed by atoms with Gasteiger partial charge in [-0.3, -0.25) is 4.79 Å². The van der Waals surface area contributed by atoms with Gasteiger partial charge in [0.05, 0.1) is 32.0 Å². The quantitative estimate of drug-likeness (QED) is 0.0206. The first kappa shape index (κ1) is 65.5. The molecule has 0 spiro atoms. The Balaban J connectivity index is 1.76. The van der Waals surface area contributed by atoms with Crippen LogP contribution in [0.1, 0.15) is 194 Å². The van der Waals surface area contributed by atoms with Crippen LogP contribution >= 0.6 is 0 Å². The summed E-state index contributed by atoms with van der Waals surface area (Å²) >= 11 is 0. The topological polar surface area (TPSA) is 228 Å². The van der Waals surface area contributed by atoms with E-state index in [1.807, 2.05) is 6.08 Å². The molecule has 0 aromatic rings. The van der Waals surface area contributed by atoms with Crippen molar-refractivity contribution in [1.82, 2.24) is 5.32 Å². The third-order valence-corrected chi connectivity index (χ3v) is 13.4. The van der Waals surface area contributed by atoms with E-state index in [2.05, 4.69) is 79.9 Å². The second-order valence-corrected chi connectivity index (χ2v) is 19.7. The Kier molecular flexibility index (Phi) is 39.7. The van der Waals surface area contributed by atoms with Crippen molar-refractivity contribution in [1.29, 1.82) is 0 Å². The molecule has 0 aromatic heterocycles. The normalized spacial score (nSPS) is 26.1. The number of aliphatic hydroxyl groups excluding tert-OH is 8. The summed E-state index contributed by atoms with van der Waals surface area (Å²) in [5.41, 5.74) is 0. The highest BCUT2D eigenvalue weighted by atomic mass is 16.7. The number of hydrogen-bond acceptors (Lipinski definition) is 13. The fourth-order valence-electron chi connectivity index (χ4n) is 8.83. The van der Waals surface area contributed by atoms with Crippen LogP contribution in [0.4, 0.5) is 0 Å². The Labute approximate surface area is 434 Å². The van der Waals surface area contributed by atoms with E-state index in [4.69, 9.17) is 18.9 Å². The first-order valence-corrected chi connectivity index (χ1v) is 28.2. The predicted molar refractivity (Wildman–Crippen MR) is 286 cm³/mol. The van der Waals surface area contributed by atoms with E-state index in [0.29, 0.717) is 12.8 Å². The van der Waals surface area contributed by atoms with Crippen molar-refractivity contribution >= 4 is 5.91 Å². The summed E-state index contributed by atoms with van der Waals surface area (Å²) in [6, 6.07) is -0.935. The predicted octanol–water partition coefficient (Wildman–Crippen LogP) is 8.77. The van der Waals surface area contributed by atoms with E-state index in [1.165, 1.54) is 96.3 Å². The molecule has 0 radical (unpaired) electrons. The van der Waals surface area contributed by atoms with Gasteiger partial charge in [-0.1, -0.05) is 189 Å². The number of amides is 1. The lowest BCUT2D eigenvalue weighted by atomic mass is 9.97. The standard InChI is InChI=1S/C58H101NO13/c1-3-5-7-9-11-13-15-17-18-19-20-21-22-23-24-25-26-27-28-30-32-34-36-38-40-42-50(63)59-46(47(62)41-39-37-35-33-31-29-16-14-12-10-8-6-4-2)45-69-57-55(68)53(66)56(49(44-61)71-57)72-58-54(67)52(65)51(64)48(43-60)70-58/h5,7,11,13,17-18,20-21,31,33,39,41,46-49,51-58,60-62,64-68H,3-4,6,8-10,12,14-16,19,22-30,32,34-38,40,42-45H2,1-2H3,(H,59,63)/b7-5-,13-11-,18-17-,21-20-,33-31+,41-39+. The SMILES string of the molecule is CC/C=C\C/C=C\C/C=C\C/C=C\CCCCCCCCCCCCCCC(=O)NC(COC1OC(CO)C(OC2OC(CO)C(O)C(O)C2O)C(O)C1O)C(O)/C=C/CC/C=C/CCCCCCCCC. The van der Waals surface area contributed by atoms with Crippen molar-refractivity contribution in [3.05, 3.63) is 72.9 Å². The molecule has 2 saturated heterocycles. The Morgan fingerprint density at radius 1 is 0.514 bits per heavy atom. The number of unbranched alkanes of at least 4 members (excludes halogenated alkanes) is 20. The molecule has 0 aliphatic carbocycles. The van der Waals surface area contributed by atoms with E-state index in [9.17, 15) is 45.6 Å². The van der Waals surface area contributed by atoms with Gasteiger partial charge in [0.2, 0.25) is 5.91 Å². The van der Waals surface area contributed by atoms with Crippen molar-refractivity contribution in [2.75, 3.05) is 19.8 Å². The summed E-state index contributed by atoms with van der Waals surface area (Å²) in [7, 11) is 0. The molecular weight excluding hydrogens is 919 g/mol. The molecular formula is C58H101NO13. The van der Waals surface area contributed by atoms with Crippen LogP contribution < -0.4 is 5.32 Å². The average molecular weight is 1020 g/mol. The summed E-state index contributed by atoms with van der Waals surface area (Å²) in [5, 5.41) is 86.9. The smallest absolute Gasteiger partial charge is 0.220 e. The molecule has 14 heteroatoms. The van der Waals surface area contributed by atoms with Gasteiger partial charge in [0.15, 0.2) is 12.6 Å². The molecule has 1 amide bonds. The lowest BCUT2D eigenvalue weighted by molar-refractivity contribution is -0.359.